The van der Waals surface area contributed by atoms with Gasteiger partial charge in [-0.2, -0.15) is 0 Å². The Hall–Kier alpha value is -2.57. The second-order valence-corrected chi connectivity index (χ2v) is 5.78. The number of alkyl carbamates (subject to hydrolysis) is 1. The fourth-order valence-corrected chi connectivity index (χ4v) is 2.50. The Morgan fingerprint density at radius 3 is 2.79 bits per heavy atom. The van der Waals surface area contributed by atoms with Gasteiger partial charge in [0.15, 0.2) is 0 Å². The van der Waals surface area contributed by atoms with Gasteiger partial charge < -0.3 is 20.3 Å². The monoisotopic (exact) mass is 333 g/mol. The highest BCUT2D eigenvalue weighted by atomic mass is 16.5. The summed E-state index contributed by atoms with van der Waals surface area (Å²) in [4.78, 5) is 37.6. The van der Waals surface area contributed by atoms with E-state index in [2.05, 4.69) is 10.6 Å². The van der Waals surface area contributed by atoms with Gasteiger partial charge in [-0.15, -0.1) is 0 Å². The average Bonchev–Trinajstić information content (AvgIpc) is 2.75. The Balaban J connectivity index is 1.86. The highest BCUT2D eigenvalue weighted by Crippen LogP contribution is 2.08. The summed E-state index contributed by atoms with van der Waals surface area (Å²) in [5.41, 5.74) is 0.865. The van der Waals surface area contributed by atoms with E-state index in [9.17, 15) is 14.4 Å². The van der Waals surface area contributed by atoms with Gasteiger partial charge in [0.2, 0.25) is 11.8 Å². The van der Waals surface area contributed by atoms with Crippen molar-refractivity contribution in [3.05, 3.63) is 35.9 Å². The minimum absolute atomic E-state index is 0.135. The molecule has 0 saturated carbocycles. The number of rotatable bonds is 4. The van der Waals surface area contributed by atoms with Gasteiger partial charge in [0, 0.05) is 13.1 Å². The number of nitrogens with one attached hydrogen (secondary N) is 2. The topological polar surface area (TPSA) is 87.7 Å². The van der Waals surface area contributed by atoms with Crippen LogP contribution < -0.4 is 10.6 Å². The highest BCUT2D eigenvalue weighted by Gasteiger charge is 2.31. The first-order valence-corrected chi connectivity index (χ1v) is 8.04. The maximum absolute atomic E-state index is 12.5. The van der Waals surface area contributed by atoms with Crippen LogP contribution in [0.5, 0.6) is 0 Å². The Labute approximate surface area is 141 Å². The minimum Gasteiger partial charge on any atom is -0.445 e. The van der Waals surface area contributed by atoms with Crippen molar-refractivity contribution < 1.29 is 19.1 Å². The third-order valence-corrected chi connectivity index (χ3v) is 3.92. The molecule has 1 heterocycles. The minimum atomic E-state index is -0.762. The van der Waals surface area contributed by atoms with Crippen molar-refractivity contribution in [2.45, 2.75) is 39.0 Å². The van der Waals surface area contributed by atoms with E-state index >= 15 is 0 Å². The van der Waals surface area contributed by atoms with Crippen molar-refractivity contribution in [2.24, 2.45) is 0 Å². The molecule has 1 aromatic rings. The molecule has 2 N–H and O–H groups in total. The van der Waals surface area contributed by atoms with Gasteiger partial charge in [0.05, 0.1) is 0 Å². The summed E-state index contributed by atoms with van der Waals surface area (Å²) in [5.74, 6) is -0.476. The molecule has 1 saturated heterocycles. The van der Waals surface area contributed by atoms with E-state index in [1.807, 2.05) is 30.3 Å². The molecule has 0 bridgehead atoms. The van der Waals surface area contributed by atoms with Crippen LogP contribution in [0.25, 0.3) is 0 Å². The first-order valence-electron chi connectivity index (χ1n) is 8.04. The number of hydrogen-bond donors (Lipinski definition) is 2. The number of amides is 3. The predicted octanol–water partition coefficient (Wildman–Crippen LogP) is 1.04. The van der Waals surface area contributed by atoms with Crippen LogP contribution in [0, 0.1) is 0 Å². The SMILES string of the molecule is C[C@H](NC(=O)OCc1ccccc1)C(=O)N1CCCNC(=O)[C@@H]1C. The first-order chi connectivity index (χ1) is 11.5. The second-order valence-electron chi connectivity index (χ2n) is 5.78. The van der Waals surface area contributed by atoms with Gasteiger partial charge >= 0.3 is 6.09 Å². The molecular formula is C17H23N3O4. The normalized spacial score (nSPS) is 19.0. The summed E-state index contributed by atoms with van der Waals surface area (Å²) >= 11 is 0. The zero-order valence-corrected chi connectivity index (χ0v) is 14.0. The first kappa shape index (κ1) is 17.8. The van der Waals surface area contributed by atoms with Crippen molar-refractivity contribution in [3.63, 3.8) is 0 Å². The number of hydrogen-bond acceptors (Lipinski definition) is 4. The quantitative estimate of drug-likeness (QED) is 0.862. The number of carbonyl (C=O) groups excluding carboxylic acids is 3. The van der Waals surface area contributed by atoms with Crippen LogP contribution in [0.3, 0.4) is 0 Å². The molecule has 0 radical (unpaired) electrons. The summed E-state index contributed by atoms with van der Waals surface area (Å²) in [5, 5.41) is 5.27. The van der Waals surface area contributed by atoms with Gasteiger partial charge in [0.1, 0.15) is 18.7 Å². The summed E-state index contributed by atoms with van der Waals surface area (Å²) < 4.78 is 5.11. The molecule has 3 amide bonds. The van der Waals surface area contributed by atoms with Gasteiger partial charge in [0.25, 0.3) is 0 Å². The summed E-state index contributed by atoms with van der Waals surface area (Å²) in [6.45, 7) is 4.43. The molecule has 130 valence electrons. The molecule has 24 heavy (non-hydrogen) atoms. The van der Waals surface area contributed by atoms with E-state index in [1.54, 1.807) is 13.8 Å². The molecule has 0 unspecified atom stereocenters. The van der Waals surface area contributed by atoms with Crippen molar-refractivity contribution >= 4 is 17.9 Å². The Kier molecular flexibility index (Phi) is 6.17. The van der Waals surface area contributed by atoms with Crippen molar-refractivity contribution in [2.75, 3.05) is 13.1 Å². The van der Waals surface area contributed by atoms with Crippen LogP contribution in [0.2, 0.25) is 0 Å². The number of ether oxygens (including phenoxy) is 1. The molecule has 2 rings (SSSR count). The lowest BCUT2D eigenvalue weighted by molar-refractivity contribution is -0.140. The Bertz CT molecular complexity index is 591. The summed E-state index contributed by atoms with van der Waals surface area (Å²) in [6, 6.07) is 7.97. The average molecular weight is 333 g/mol. The fraction of sp³-hybridized carbons (Fsp3) is 0.471. The van der Waals surface area contributed by atoms with Crippen molar-refractivity contribution in [3.8, 4) is 0 Å². The van der Waals surface area contributed by atoms with Crippen LogP contribution in [0.4, 0.5) is 4.79 Å². The molecule has 0 aromatic heterocycles. The maximum Gasteiger partial charge on any atom is 0.408 e. The molecule has 1 aliphatic heterocycles. The molecule has 7 heteroatoms. The molecule has 2 atom stereocenters. The zero-order valence-electron chi connectivity index (χ0n) is 14.0. The smallest absolute Gasteiger partial charge is 0.408 e. The third kappa shape index (κ3) is 4.71. The Morgan fingerprint density at radius 1 is 1.38 bits per heavy atom. The number of benzene rings is 1. The Morgan fingerprint density at radius 2 is 2.08 bits per heavy atom. The molecule has 1 aromatic carbocycles. The van der Waals surface area contributed by atoms with Gasteiger partial charge in [-0.1, -0.05) is 30.3 Å². The number of nitrogens with zero attached hydrogens (tertiary/aromatic N) is 1. The fourth-order valence-electron chi connectivity index (χ4n) is 2.50. The molecule has 1 fully saturated rings. The van der Waals surface area contributed by atoms with Gasteiger partial charge in [-0.3, -0.25) is 9.59 Å². The van der Waals surface area contributed by atoms with E-state index in [0.717, 1.165) is 5.56 Å². The largest absolute Gasteiger partial charge is 0.445 e. The predicted molar refractivity (Wildman–Crippen MR) is 88.0 cm³/mol. The zero-order chi connectivity index (χ0) is 17.5. The van der Waals surface area contributed by atoms with Crippen molar-refractivity contribution in [1.82, 2.24) is 15.5 Å². The van der Waals surface area contributed by atoms with E-state index in [-0.39, 0.29) is 18.4 Å². The van der Waals surface area contributed by atoms with E-state index in [4.69, 9.17) is 4.74 Å². The summed E-state index contributed by atoms with van der Waals surface area (Å²) in [6.07, 6.45) is 0.0270. The number of carbonyl (C=O) groups is 3. The molecular weight excluding hydrogens is 310 g/mol. The lowest BCUT2D eigenvalue weighted by Gasteiger charge is -2.28. The molecule has 7 nitrogen and oxygen atoms in total. The van der Waals surface area contributed by atoms with E-state index < -0.39 is 18.2 Å². The summed E-state index contributed by atoms with van der Waals surface area (Å²) in [7, 11) is 0. The van der Waals surface area contributed by atoms with E-state index in [1.165, 1.54) is 4.90 Å². The van der Waals surface area contributed by atoms with Crippen LogP contribution >= 0.6 is 0 Å². The van der Waals surface area contributed by atoms with Crippen LogP contribution in [-0.2, 0) is 20.9 Å². The van der Waals surface area contributed by atoms with E-state index in [0.29, 0.717) is 19.5 Å². The van der Waals surface area contributed by atoms with Gasteiger partial charge in [-0.05, 0) is 25.8 Å². The molecule has 1 aliphatic rings. The maximum atomic E-state index is 12.5. The lowest BCUT2D eigenvalue weighted by Crippen LogP contribution is -2.52. The standard InChI is InChI=1S/C17H23N3O4/c1-12(16(22)20-10-6-9-18-15(21)13(20)2)19-17(23)24-11-14-7-4-3-5-8-14/h3-5,7-8,12-13H,6,9-11H2,1-2H3,(H,18,21)(H,19,23)/t12-,13-/m0/s1. The lowest BCUT2D eigenvalue weighted by atomic mass is 10.2. The highest BCUT2D eigenvalue weighted by molar-refractivity contribution is 5.91. The van der Waals surface area contributed by atoms with Crippen LogP contribution in [0.1, 0.15) is 25.8 Å². The third-order valence-electron chi connectivity index (χ3n) is 3.92. The molecule has 0 spiro atoms. The molecule has 0 aliphatic carbocycles. The van der Waals surface area contributed by atoms with Crippen molar-refractivity contribution in [1.29, 1.82) is 0 Å². The van der Waals surface area contributed by atoms with Crippen LogP contribution in [-0.4, -0.2) is 48.0 Å². The second kappa shape index (κ2) is 8.33. The van der Waals surface area contributed by atoms with Crippen LogP contribution in [0.15, 0.2) is 30.3 Å². The van der Waals surface area contributed by atoms with Gasteiger partial charge in [-0.25, -0.2) is 4.79 Å².